The fourth-order valence-corrected chi connectivity index (χ4v) is 1.81. The van der Waals surface area contributed by atoms with Gasteiger partial charge in [-0.2, -0.15) is 0 Å². The van der Waals surface area contributed by atoms with E-state index in [1.165, 1.54) is 0 Å². The van der Waals surface area contributed by atoms with Crippen LogP contribution in [-0.2, 0) is 6.42 Å². The Labute approximate surface area is 114 Å². The van der Waals surface area contributed by atoms with Crippen molar-refractivity contribution in [1.29, 1.82) is 0 Å². The first-order valence-electron chi connectivity index (χ1n) is 5.69. The standard InChI is InChI=1S/C12H14BrN5/c1-2-3-9-6-11(18-14)17-12(16-9)10-5-4-8(13)7-15-10/h4-7H,2-3,14H2,1H3,(H,16,17,18). The molecule has 0 bridgehead atoms. The third-order valence-electron chi connectivity index (χ3n) is 2.39. The Morgan fingerprint density at radius 1 is 1.33 bits per heavy atom. The highest BCUT2D eigenvalue weighted by atomic mass is 79.9. The number of hydrazine groups is 1. The van der Waals surface area contributed by atoms with Crippen molar-refractivity contribution in [3.05, 3.63) is 34.6 Å². The number of hydrogen-bond acceptors (Lipinski definition) is 5. The number of rotatable bonds is 4. The highest BCUT2D eigenvalue weighted by Crippen LogP contribution is 2.18. The van der Waals surface area contributed by atoms with Gasteiger partial charge in [0.15, 0.2) is 5.82 Å². The van der Waals surface area contributed by atoms with Gasteiger partial charge in [0.05, 0.1) is 0 Å². The van der Waals surface area contributed by atoms with E-state index >= 15 is 0 Å². The Bertz CT molecular complexity index is 526. The summed E-state index contributed by atoms with van der Waals surface area (Å²) in [6, 6.07) is 5.63. The third kappa shape index (κ3) is 3.02. The summed E-state index contributed by atoms with van der Waals surface area (Å²) >= 11 is 3.35. The number of aromatic nitrogens is 3. The molecule has 5 nitrogen and oxygen atoms in total. The quantitative estimate of drug-likeness (QED) is 0.670. The monoisotopic (exact) mass is 307 g/mol. The van der Waals surface area contributed by atoms with Gasteiger partial charge >= 0.3 is 0 Å². The van der Waals surface area contributed by atoms with E-state index in [9.17, 15) is 0 Å². The van der Waals surface area contributed by atoms with Gasteiger partial charge < -0.3 is 5.43 Å². The molecule has 3 N–H and O–H groups in total. The zero-order valence-corrected chi connectivity index (χ0v) is 11.6. The Balaban J connectivity index is 2.42. The SMILES string of the molecule is CCCc1cc(NN)nc(-c2ccc(Br)cn2)n1. The van der Waals surface area contributed by atoms with E-state index in [2.05, 4.69) is 43.2 Å². The predicted molar refractivity (Wildman–Crippen MR) is 74.8 cm³/mol. The maximum atomic E-state index is 5.42. The Morgan fingerprint density at radius 3 is 2.78 bits per heavy atom. The lowest BCUT2D eigenvalue weighted by molar-refractivity contribution is 0.874. The van der Waals surface area contributed by atoms with Gasteiger partial charge in [-0.25, -0.2) is 15.8 Å². The van der Waals surface area contributed by atoms with E-state index in [0.717, 1.165) is 28.7 Å². The van der Waals surface area contributed by atoms with Crippen LogP contribution in [-0.4, -0.2) is 15.0 Å². The smallest absolute Gasteiger partial charge is 0.180 e. The number of nitrogens with one attached hydrogen (secondary N) is 1. The molecule has 2 aromatic heterocycles. The molecular weight excluding hydrogens is 294 g/mol. The fraction of sp³-hybridized carbons (Fsp3) is 0.250. The molecule has 0 fully saturated rings. The molecule has 0 radical (unpaired) electrons. The minimum Gasteiger partial charge on any atom is -0.308 e. The predicted octanol–water partition coefficient (Wildman–Crippen LogP) is 2.54. The molecule has 2 heterocycles. The zero-order valence-electron chi connectivity index (χ0n) is 10.0. The summed E-state index contributed by atoms with van der Waals surface area (Å²) in [5, 5.41) is 0. The van der Waals surface area contributed by atoms with Crippen molar-refractivity contribution < 1.29 is 0 Å². The largest absolute Gasteiger partial charge is 0.308 e. The molecule has 2 rings (SSSR count). The maximum Gasteiger partial charge on any atom is 0.180 e. The second kappa shape index (κ2) is 5.88. The summed E-state index contributed by atoms with van der Waals surface area (Å²) in [7, 11) is 0. The van der Waals surface area contributed by atoms with E-state index in [-0.39, 0.29) is 0 Å². The van der Waals surface area contributed by atoms with Crippen molar-refractivity contribution in [3.8, 4) is 11.5 Å². The summed E-state index contributed by atoms with van der Waals surface area (Å²) in [4.78, 5) is 13.1. The molecule has 0 amide bonds. The van der Waals surface area contributed by atoms with Crippen molar-refractivity contribution in [2.24, 2.45) is 5.84 Å². The molecule has 0 spiro atoms. The van der Waals surface area contributed by atoms with Gasteiger partial charge in [0.25, 0.3) is 0 Å². The van der Waals surface area contributed by atoms with Gasteiger partial charge in [-0.1, -0.05) is 13.3 Å². The molecule has 0 aromatic carbocycles. The minimum absolute atomic E-state index is 0.585. The molecule has 0 unspecified atom stereocenters. The molecule has 0 aliphatic carbocycles. The fourth-order valence-electron chi connectivity index (χ4n) is 1.58. The van der Waals surface area contributed by atoms with Crippen molar-refractivity contribution in [1.82, 2.24) is 15.0 Å². The van der Waals surface area contributed by atoms with Gasteiger partial charge in [0.1, 0.15) is 11.5 Å². The zero-order chi connectivity index (χ0) is 13.0. The van der Waals surface area contributed by atoms with Gasteiger partial charge in [-0.15, -0.1) is 0 Å². The van der Waals surface area contributed by atoms with Gasteiger partial charge in [-0.05, 0) is 34.5 Å². The number of hydrogen-bond donors (Lipinski definition) is 2. The molecule has 6 heteroatoms. The number of nitrogen functional groups attached to an aromatic ring is 1. The van der Waals surface area contributed by atoms with Gasteiger partial charge in [-0.3, -0.25) is 4.98 Å². The second-order valence-electron chi connectivity index (χ2n) is 3.82. The number of halogens is 1. The van der Waals surface area contributed by atoms with Crippen LogP contribution in [0.1, 0.15) is 19.0 Å². The first-order valence-corrected chi connectivity index (χ1v) is 6.48. The molecule has 0 saturated carbocycles. The van der Waals surface area contributed by atoms with Crippen LogP contribution in [0.2, 0.25) is 0 Å². The maximum absolute atomic E-state index is 5.42. The first kappa shape index (κ1) is 12.9. The molecule has 0 atom stereocenters. The van der Waals surface area contributed by atoms with Crippen LogP contribution >= 0.6 is 15.9 Å². The number of pyridine rings is 1. The molecule has 0 saturated heterocycles. The van der Waals surface area contributed by atoms with Crippen LogP contribution < -0.4 is 11.3 Å². The Kier molecular flexibility index (Phi) is 4.22. The molecular formula is C12H14BrN5. The number of nitrogens with two attached hydrogens (primary N) is 1. The highest BCUT2D eigenvalue weighted by molar-refractivity contribution is 9.10. The van der Waals surface area contributed by atoms with Crippen molar-refractivity contribution in [2.75, 3.05) is 5.43 Å². The molecule has 2 aromatic rings. The first-order chi connectivity index (χ1) is 8.72. The highest BCUT2D eigenvalue weighted by Gasteiger charge is 2.07. The van der Waals surface area contributed by atoms with Crippen molar-refractivity contribution in [3.63, 3.8) is 0 Å². The van der Waals surface area contributed by atoms with Gasteiger partial charge in [0, 0.05) is 22.4 Å². The van der Waals surface area contributed by atoms with E-state index in [1.54, 1.807) is 6.20 Å². The average Bonchev–Trinajstić information content (AvgIpc) is 2.39. The third-order valence-corrected chi connectivity index (χ3v) is 2.86. The lowest BCUT2D eigenvalue weighted by Gasteiger charge is -2.06. The Morgan fingerprint density at radius 2 is 2.17 bits per heavy atom. The van der Waals surface area contributed by atoms with Crippen LogP contribution in [0.3, 0.4) is 0 Å². The summed E-state index contributed by atoms with van der Waals surface area (Å²) < 4.78 is 0.924. The van der Waals surface area contributed by atoms with Gasteiger partial charge in [0.2, 0.25) is 0 Å². The minimum atomic E-state index is 0.585. The lowest BCUT2D eigenvalue weighted by Crippen LogP contribution is -2.10. The van der Waals surface area contributed by atoms with Crippen LogP contribution in [0.5, 0.6) is 0 Å². The van der Waals surface area contributed by atoms with Crippen LogP contribution in [0.25, 0.3) is 11.5 Å². The van der Waals surface area contributed by atoms with E-state index in [4.69, 9.17) is 5.84 Å². The van der Waals surface area contributed by atoms with Crippen LogP contribution in [0.15, 0.2) is 28.9 Å². The van der Waals surface area contributed by atoms with E-state index < -0.39 is 0 Å². The topological polar surface area (TPSA) is 76.7 Å². The molecule has 0 aliphatic rings. The molecule has 94 valence electrons. The molecule has 18 heavy (non-hydrogen) atoms. The van der Waals surface area contributed by atoms with Crippen molar-refractivity contribution in [2.45, 2.75) is 19.8 Å². The Hall–Kier alpha value is -1.53. The second-order valence-corrected chi connectivity index (χ2v) is 4.74. The number of nitrogens with zero attached hydrogens (tertiary/aromatic N) is 3. The average molecular weight is 308 g/mol. The van der Waals surface area contributed by atoms with E-state index in [1.807, 2.05) is 18.2 Å². The normalized spacial score (nSPS) is 10.4. The molecule has 0 aliphatic heterocycles. The number of anilines is 1. The van der Waals surface area contributed by atoms with Crippen molar-refractivity contribution >= 4 is 21.7 Å². The lowest BCUT2D eigenvalue weighted by atomic mass is 10.2. The number of aryl methyl sites for hydroxylation is 1. The van der Waals surface area contributed by atoms with Crippen LogP contribution in [0.4, 0.5) is 5.82 Å². The summed E-state index contributed by atoms with van der Waals surface area (Å²) in [6.07, 6.45) is 3.63. The van der Waals surface area contributed by atoms with E-state index in [0.29, 0.717) is 11.6 Å². The summed E-state index contributed by atoms with van der Waals surface area (Å²) in [6.45, 7) is 2.11. The summed E-state index contributed by atoms with van der Waals surface area (Å²) in [5.74, 6) is 6.61. The van der Waals surface area contributed by atoms with Crippen LogP contribution in [0, 0.1) is 0 Å². The summed E-state index contributed by atoms with van der Waals surface area (Å²) in [5.41, 5.74) is 4.25.